The highest BCUT2D eigenvalue weighted by molar-refractivity contribution is 5.24. The van der Waals surface area contributed by atoms with E-state index in [1.165, 1.54) is 5.57 Å². The van der Waals surface area contributed by atoms with Crippen LogP contribution >= 0.6 is 0 Å². The molecule has 2 heteroatoms. The van der Waals surface area contributed by atoms with Crippen molar-refractivity contribution >= 4 is 0 Å². The molecule has 0 aromatic carbocycles. The average molecular weight is 244 g/mol. The third-order valence-electron chi connectivity index (χ3n) is 3.77. The van der Waals surface area contributed by atoms with Crippen LogP contribution in [0.4, 0.5) is 4.39 Å². The van der Waals surface area contributed by atoms with Gasteiger partial charge in [0.2, 0.25) is 0 Å². The van der Waals surface area contributed by atoms with Gasteiger partial charge in [0.15, 0.2) is 0 Å². The minimum atomic E-state index is -1.06. The minimum Gasteiger partial charge on any atom is -0.384 e. The van der Waals surface area contributed by atoms with Gasteiger partial charge in [0, 0.05) is 12.5 Å². The molecule has 0 aliphatic heterocycles. The summed E-state index contributed by atoms with van der Waals surface area (Å²) in [6.45, 7) is 10.3. The molecule has 0 amide bonds. The Morgan fingerprint density at radius 2 is 2.06 bits per heavy atom. The third-order valence-corrected chi connectivity index (χ3v) is 3.77. The van der Waals surface area contributed by atoms with E-state index in [9.17, 15) is 4.39 Å². The summed E-state index contributed by atoms with van der Waals surface area (Å²) in [5, 5.41) is 0. The Labute approximate surface area is 106 Å². The number of hydrogen-bond acceptors (Lipinski definition) is 1. The van der Waals surface area contributed by atoms with Crippen LogP contribution in [0.1, 0.15) is 60.3 Å². The Hall–Kier alpha value is -0.370. The van der Waals surface area contributed by atoms with Gasteiger partial charge < -0.3 is 4.74 Å². The van der Waals surface area contributed by atoms with Crippen LogP contribution in [-0.2, 0) is 4.74 Å². The number of alkyl halides is 1. The summed E-state index contributed by atoms with van der Waals surface area (Å²) in [6.07, 6.45) is 5.49. The molecule has 2 unspecified atom stereocenters. The molecule has 17 heavy (non-hydrogen) atoms. The fraction of sp³-hybridized carbons (Fsp3) is 0.867. The van der Waals surface area contributed by atoms with Crippen LogP contribution in [0.2, 0.25) is 0 Å². The van der Waals surface area contributed by atoms with Crippen LogP contribution in [0, 0.1) is 5.41 Å². The number of methoxy groups -OCH3 is 1. The van der Waals surface area contributed by atoms with E-state index in [2.05, 4.69) is 6.08 Å². The zero-order chi connectivity index (χ0) is 13.5. The quantitative estimate of drug-likeness (QED) is 0.624. The standard InChI is InChI=1S/C13H23FO.C2H6/c1-5-11-7-8-13(11,10-15-4)9-12(3,14)6-2;1-2/h5H,6-10H2,1-4H3;1-2H3/b11-5+;. The lowest BCUT2D eigenvalue weighted by molar-refractivity contribution is 0.0104. The average Bonchev–Trinajstić information content (AvgIpc) is 2.30. The van der Waals surface area contributed by atoms with E-state index in [-0.39, 0.29) is 5.41 Å². The second-order valence-electron chi connectivity index (χ2n) is 4.97. The van der Waals surface area contributed by atoms with Gasteiger partial charge in [-0.3, -0.25) is 0 Å². The summed E-state index contributed by atoms with van der Waals surface area (Å²) < 4.78 is 19.4. The molecular formula is C15H29FO. The van der Waals surface area contributed by atoms with E-state index < -0.39 is 5.67 Å². The maximum atomic E-state index is 14.1. The molecule has 102 valence electrons. The van der Waals surface area contributed by atoms with Crippen LogP contribution in [0.5, 0.6) is 0 Å². The van der Waals surface area contributed by atoms with E-state index in [1.807, 2.05) is 27.7 Å². The van der Waals surface area contributed by atoms with Gasteiger partial charge in [-0.15, -0.1) is 0 Å². The Bertz CT molecular complexity index is 245. The Balaban J connectivity index is 0.00000121. The molecular weight excluding hydrogens is 215 g/mol. The first-order valence-corrected chi connectivity index (χ1v) is 6.83. The molecule has 1 saturated carbocycles. The van der Waals surface area contributed by atoms with Gasteiger partial charge in [-0.1, -0.05) is 32.4 Å². The minimum absolute atomic E-state index is 0.0109. The SMILES string of the molecule is C/C=C1\CCC1(COC)CC(C)(F)CC.CC. The molecule has 1 aliphatic rings. The lowest BCUT2D eigenvalue weighted by atomic mass is 9.60. The van der Waals surface area contributed by atoms with Crippen LogP contribution in [0.25, 0.3) is 0 Å². The first-order chi connectivity index (χ1) is 7.99. The lowest BCUT2D eigenvalue weighted by Crippen LogP contribution is -2.42. The predicted molar refractivity (Wildman–Crippen MR) is 73.1 cm³/mol. The maximum absolute atomic E-state index is 14.1. The first kappa shape index (κ1) is 16.6. The Morgan fingerprint density at radius 3 is 2.35 bits per heavy atom. The van der Waals surface area contributed by atoms with Crippen LogP contribution in [0.3, 0.4) is 0 Å². The van der Waals surface area contributed by atoms with E-state index in [0.717, 1.165) is 12.8 Å². The zero-order valence-corrected chi connectivity index (χ0v) is 12.4. The predicted octanol–water partition coefficient (Wildman–Crippen LogP) is 4.91. The molecule has 1 fully saturated rings. The van der Waals surface area contributed by atoms with Crippen molar-refractivity contribution in [1.82, 2.24) is 0 Å². The number of allylic oxidation sites excluding steroid dienone is 1. The zero-order valence-electron chi connectivity index (χ0n) is 12.4. The maximum Gasteiger partial charge on any atom is 0.109 e. The van der Waals surface area contributed by atoms with E-state index >= 15 is 0 Å². The van der Waals surface area contributed by atoms with E-state index in [4.69, 9.17) is 4.74 Å². The summed E-state index contributed by atoms with van der Waals surface area (Å²) in [4.78, 5) is 0. The van der Waals surface area contributed by atoms with Crippen LogP contribution in [-0.4, -0.2) is 19.4 Å². The summed E-state index contributed by atoms with van der Waals surface area (Å²) in [7, 11) is 1.70. The smallest absolute Gasteiger partial charge is 0.109 e. The van der Waals surface area contributed by atoms with E-state index in [1.54, 1.807) is 14.0 Å². The number of hydrogen-bond donors (Lipinski definition) is 0. The van der Waals surface area contributed by atoms with Crippen LogP contribution < -0.4 is 0 Å². The van der Waals surface area contributed by atoms with Crippen LogP contribution in [0.15, 0.2) is 11.6 Å². The van der Waals surface area contributed by atoms with Crippen molar-refractivity contribution in [1.29, 1.82) is 0 Å². The highest BCUT2D eigenvalue weighted by Gasteiger charge is 2.46. The van der Waals surface area contributed by atoms with Gasteiger partial charge >= 0.3 is 0 Å². The largest absolute Gasteiger partial charge is 0.384 e. The Kier molecular flexibility index (Phi) is 6.99. The monoisotopic (exact) mass is 244 g/mol. The van der Waals surface area contributed by atoms with Crippen molar-refractivity contribution in [3.05, 3.63) is 11.6 Å². The fourth-order valence-electron chi connectivity index (χ4n) is 2.60. The topological polar surface area (TPSA) is 9.23 Å². The molecule has 0 aromatic heterocycles. The molecule has 0 heterocycles. The van der Waals surface area contributed by atoms with Crippen molar-refractivity contribution < 1.29 is 9.13 Å². The molecule has 0 radical (unpaired) electrons. The molecule has 2 atom stereocenters. The molecule has 1 aliphatic carbocycles. The van der Waals surface area contributed by atoms with Crippen molar-refractivity contribution in [3.8, 4) is 0 Å². The second-order valence-corrected chi connectivity index (χ2v) is 4.97. The molecule has 0 N–H and O–H groups in total. The number of ether oxygens (including phenoxy) is 1. The van der Waals surface area contributed by atoms with Crippen molar-refractivity contribution in [3.63, 3.8) is 0 Å². The van der Waals surface area contributed by atoms with E-state index in [0.29, 0.717) is 19.4 Å². The van der Waals surface area contributed by atoms with Crippen molar-refractivity contribution in [2.45, 2.75) is 66.0 Å². The fourth-order valence-corrected chi connectivity index (χ4v) is 2.60. The normalized spacial score (nSPS) is 29.0. The van der Waals surface area contributed by atoms with Gasteiger partial charge in [0.05, 0.1) is 6.61 Å². The highest BCUT2D eigenvalue weighted by Crippen LogP contribution is 2.52. The van der Waals surface area contributed by atoms with Gasteiger partial charge in [-0.05, 0) is 39.5 Å². The van der Waals surface area contributed by atoms with Gasteiger partial charge in [-0.25, -0.2) is 4.39 Å². The number of halogens is 1. The van der Waals surface area contributed by atoms with Gasteiger partial charge in [-0.2, -0.15) is 0 Å². The molecule has 0 bridgehead atoms. The molecule has 0 spiro atoms. The number of rotatable bonds is 5. The summed E-state index contributed by atoms with van der Waals surface area (Å²) in [5.41, 5.74) is 0.303. The summed E-state index contributed by atoms with van der Waals surface area (Å²) >= 11 is 0. The molecule has 0 saturated heterocycles. The third kappa shape index (κ3) is 4.09. The first-order valence-electron chi connectivity index (χ1n) is 6.83. The molecule has 1 rings (SSSR count). The molecule has 1 nitrogen and oxygen atoms in total. The second kappa shape index (κ2) is 7.15. The summed E-state index contributed by atoms with van der Waals surface area (Å²) in [6, 6.07) is 0. The Morgan fingerprint density at radius 1 is 1.47 bits per heavy atom. The summed E-state index contributed by atoms with van der Waals surface area (Å²) in [5.74, 6) is 0. The van der Waals surface area contributed by atoms with Crippen molar-refractivity contribution in [2.24, 2.45) is 5.41 Å². The lowest BCUT2D eigenvalue weighted by Gasteiger charge is -2.47. The highest BCUT2D eigenvalue weighted by atomic mass is 19.1. The van der Waals surface area contributed by atoms with Crippen molar-refractivity contribution in [2.75, 3.05) is 13.7 Å². The van der Waals surface area contributed by atoms with Gasteiger partial charge in [0.1, 0.15) is 5.67 Å². The molecule has 0 aromatic rings. The van der Waals surface area contributed by atoms with Gasteiger partial charge in [0.25, 0.3) is 0 Å².